The standard InChI is InChI=1S/C15H12FN3O2/c1-2-21-14(20)12-9-19-13(6-7-17-15(19)18-12)10-4-3-5-11(16)8-10/h3-9H,2H2,1H3. The summed E-state index contributed by atoms with van der Waals surface area (Å²) in [6.45, 7) is 2.00. The van der Waals surface area contributed by atoms with Crippen LogP contribution in [-0.4, -0.2) is 26.9 Å². The first kappa shape index (κ1) is 13.2. The van der Waals surface area contributed by atoms with Crippen LogP contribution in [0.5, 0.6) is 0 Å². The maximum atomic E-state index is 13.4. The second kappa shape index (κ2) is 5.32. The highest BCUT2D eigenvalue weighted by molar-refractivity contribution is 5.88. The van der Waals surface area contributed by atoms with E-state index in [0.717, 1.165) is 0 Å². The number of fused-ring (bicyclic) bond motifs is 1. The lowest BCUT2D eigenvalue weighted by Crippen LogP contribution is -2.04. The smallest absolute Gasteiger partial charge is 0.358 e. The van der Waals surface area contributed by atoms with Gasteiger partial charge < -0.3 is 4.74 Å². The molecule has 0 aliphatic heterocycles. The van der Waals surface area contributed by atoms with E-state index in [1.807, 2.05) is 0 Å². The zero-order chi connectivity index (χ0) is 14.8. The van der Waals surface area contributed by atoms with Crippen LogP contribution in [0.4, 0.5) is 4.39 Å². The number of hydrogen-bond donors (Lipinski definition) is 0. The molecule has 5 nitrogen and oxygen atoms in total. The van der Waals surface area contributed by atoms with Gasteiger partial charge in [0.2, 0.25) is 5.78 Å². The minimum atomic E-state index is -0.506. The molecule has 0 fully saturated rings. The lowest BCUT2D eigenvalue weighted by molar-refractivity contribution is 0.0520. The molecule has 0 amide bonds. The van der Waals surface area contributed by atoms with Crippen molar-refractivity contribution in [3.05, 3.63) is 54.2 Å². The molecule has 6 heteroatoms. The van der Waals surface area contributed by atoms with Crippen molar-refractivity contribution in [1.82, 2.24) is 14.4 Å². The van der Waals surface area contributed by atoms with E-state index in [9.17, 15) is 9.18 Å². The fraction of sp³-hybridized carbons (Fsp3) is 0.133. The van der Waals surface area contributed by atoms with E-state index < -0.39 is 5.97 Å². The molecule has 2 aromatic heterocycles. The van der Waals surface area contributed by atoms with Crippen molar-refractivity contribution in [2.24, 2.45) is 0 Å². The number of halogens is 1. The van der Waals surface area contributed by atoms with Gasteiger partial charge in [-0.05, 0) is 25.1 Å². The Morgan fingerprint density at radius 3 is 3.00 bits per heavy atom. The van der Waals surface area contributed by atoms with Crippen molar-refractivity contribution in [3.63, 3.8) is 0 Å². The number of hydrogen-bond acceptors (Lipinski definition) is 4. The predicted molar refractivity (Wildman–Crippen MR) is 74.3 cm³/mol. The van der Waals surface area contributed by atoms with Crippen LogP contribution in [-0.2, 0) is 4.74 Å². The molecule has 2 heterocycles. The molecule has 0 aliphatic carbocycles. The first-order valence-electron chi connectivity index (χ1n) is 6.46. The molecule has 0 N–H and O–H groups in total. The third-order valence-corrected chi connectivity index (χ3v) is 2.97. The predicted octanol–water partition coefficient (Wildman–Crippen LogP) is 2.71. The van der Waals surface area contributed by atoms with Gasteiger partial charge in [0.25, 0.3) is 0 Å². The van der Waals surface area contributed by atoms with Gasteiger partial charge in [0.1, 0.15) is 5.82 Å². The molecule has 1 aromatic carbocycles. The number of nitrogens with zero attached hydrogens (tertiary/aromatic N) is 3. The van der Waals surface area contributed by atoms with Gasteiger partial charge in [-0.2, -0.15) is 0 Å². The van der Waals surface area contributed by atoms with E-state index >= 15 is 0 Å². The van der Waals surface area contributed by atoms with E-state index in [2.05, 4.69) is 9.97 Å². The number of ether oxygens (including phenoxy) is 1. The lowest BCUT2D eigenvalue weighted by atomic mass is 10.1. The Kier molecular flexibility index (Phi) is 3.35. The highest BCUT2D eigenvalue weighted by Gasteiger charge is 2.14. The fourth-order valence-corrected chi connectivity index (χ4v) is 2.08. The van der Waals surface area contributed by atoms with Gasteiger partial charge in [-0.1, -0.05) is 12.1 Å². The van der Waals surface area contributed by atoms with E-state index in [1.165, 1.54) is 12.1 Å². The molecule has 0 bridgehead atoms. The number of benzene rings is 1. The Balaban J connectivity index is 2.14. The van der Waals surface area contributed by atoms with E-state index in [-0.39, 0.29) is 18.1 Å². The summed E-state index contributed by atoms with van der Waals surface area (Å²) < 4.78 is 19.9. The first-order valence-corrected chi connectivity index (χ1v) is 6.46. The number of carbonyl (C=O) groups is 1. The number of imidazole rings is 1. The Morgan fingerprint density at radius 1 is 1.38 bits per heavy atom. The van der Waals surface area contributed by atoms with Crippen LogP contribution in [0.25, 0.3) is 17.0 Å². The van der Waals surface area contributed by atoms with Crippen molar-refractivity contribution in [2.45, 2.75) is 6.92 Å². The third-order valence-electron chi connectivity index (χ3n) is 2.97. The Hall–Kier alpha value is -2.76. The molecule has 0 aliphatic rings. The Bertz CT molecular complexity index is 814. The van der Waals surface area contributed by atoms with Gasteiger partial charge in [-0.15, -0.1) is 0 Å². The normalized spacial score (nSPS) is 10.8. The first-order chi connectivity index (χ1) is 10.2. The second-order valence-electron chi connectivity index (χ2n) is 4.36. The molecular weight excluding hydrogens is 273 g/mol. The highest BCUT2D eigenvalue weighted by Crippen LogP contribution is 2.21. The van der Waals surface area contributed by atoms with Crippen LogP contribution in [0, 0.1) is 5.82 Å². The third kappa shape index (κ3) is 2.47. The molecule has 0 atom stereocenters. The summed E-state index contributed by atoms with van der Waals surface area (Å²) in [5.74, 6) is -0.476. The molecule has 3 rings (SSSR count). The van der Waals surface area contributed by atoms with Gasteiger partial charge in [-0.3, -0.25) is 4.40 Å². The van der Waals surface area contributed by atoms with Crippen LogP contribution in [0.15, 0.2) is 42.7 Å². The summed E-state index contributed by atoms with van der Waals surface area (Å²) >= 11 is 0. The van der Waals surface area contributed by atoms with Crippen molar-refractivity contribution < 1.29 is 13.9 Å². The van der Waals surface area contributed by atoms with E-state index in [4.69, 9.17) is 4.74 Å². The maximum Gasteiger partial charge on any atom is 0.358 e. The molecule has 0 saturated heterocycles. The van der Waals surface area contributed by atoms with Crippen molar-refractivity contribution in [3.8, 4) is 11.3 Å². The number of carbonyl (C=O) groups excluding carboxylic acids is 1. The van der Waals surface area contributed by atoms with Crippen LogP contribution in [0.2, 0.25) is 0 Å². The van der Waals surface area contributed by atoms with Crippen LogP contribution >= 0.6 is 0 Å². The molecule has 3 aromatic rings. The van der Waals surface area contributed by atoms with Gasteiger partial charge in [0, 0.05) is 18.0 Å². The summed E-state index contributed by atoms with van der Waals surface area (Å²) in [6, 6.07) is 7.93. The maximum absolute atomic E-state index is 13.4. The SMILES string of the molecule is CCOC(=O)c1cn2c(-c3cccc(F)c3)ccnc2n1. The number of esters is 1. The fourth-order valence-electron chi connectivity index (χ4n) is 2.08. The summed E-state index contributed by atoms with van der Waals surface area (Å²) in [5.41, 5.74) is 1.55. The average molecular weight is 285 g/mol. The van der Waals surface area contributed by atoms with Crippen molar-refractivity contribution in [1.29, 1.82) is 0 Å². The Morgan fingerprint density at radius 2 is 2.24 bits per heavy atom. The van der Waals surface area contributed by atoms with Crippen LogP contribution in [0.3, 0.4) is 0 Å². The zero-order valence-corrected chi connectivity index (χ0v) is 11.3. The van der Waals surface area contributed by atoms with Gasteiger partial charge in [0.05, 0.1) is 12.3 Å². The molecule has 0 radical (unpaired) electrons. The van der Waals surface area contributed by atoms with E-state index in [0.29, 0.717) is 17.0 Å². The lowest BCUT2D eigenvalue weighted by Gasteiger charge is -2.04. The van der Waals surface area contributed by atoms with Gasteiger partial charge in [0.15, 0.2) is 5.69 Å². The summed E-state index contributed by atoms with van der Waals surface area (Å²) in [6.07, 6.45) is 3.11. The molecule has 0 saturated carbocycles. The summed E-state index contributed by atoms with van der Waals surface area (Å²) in [7, 11) is 0. The number of aromatic nitrogens is 3. The number of rotatable bonds is 3. The van der Waals surface area contributed by atoms with Crippen LogP contribution < -0.4 is 0 Å². The van der Waals surface area contributed by atoms with Crippen molar-refractivity contribution in [2.75, 3.05) is 6.61 Å². The molecule has 0 unspecified atom stereocenters. The van der Waals surface area contributed by atoms with Gasteiger partial charge in [-0.25, -0.2) is 19.2 Å². The Labute approximate surface area is 120 Å². The molecular formula is C15H12FN3O2. The summed E-state index contributed by atoms with van der Waals surface area (Å²) in [4.78, 5) is 20.0. The average Bonchev–Trinajstić information content (AvgIpc) is 2.91. The van der Waals surface area contributed by atoms with E-state index in [1.54, 1.807) is 41.9 Å². The minimum absolute atomic E-state index is 0.174. The molecule has 0 spiro atoms. The molecule has 21 heavy (non-hydrogen) atoms. The largest absolute Gasteiger partial charge is 0.461 e. The zero-order valence-electron chi connectivity index (χ0n) is 11.3. The van der Waals surface area contributed by atoms with Gasteiger partial charge >= 0.3 is 5.97 Å². The highest BCUT2D eigenvalue weighted by atomic mass is 19.1. The van der Waals surface area contributed by atoms with Crippen molar-refractivity contribution >= 4 is 11.7 Å². The second-order valence-corrected chi connectivity index (χ2v) is 4.36. The summed E-state index contributed by atoms with van der Waals surface area (Å²) in [5, 5.41) is 0. The monoisotopic (exact) mass is 285 g/mol. The minimum Gasteiger partial charge on any atom is -0.461 e. The molecule has 106 valence electrons. The topological polar surface area (TPSA) is 56.5 Å². The van der Waals surface area contributed by atoms with Crippen LogP contribution in [0.1, 0.15) is 17.4 Å². The quantitative estimate of drug-likeness (QED) is 0.694.